The van der Waals surface area contributed by atoms with Crippen molar-refractivity contribution in [3.05, 3.63) is 53.6 Å². The molecular formula is C21H24N2O4. The molecule has 0 bridgehead atoms. The van der Waals surface area contributed by atoms with Crippen LogP contribution in [0.25, 0.3) is 0 Å². The Labute approximate surface area is 159 Å². The molecule has 0 atom stereocenters. The number of fused-ring (bicyclic) bond motifs is 1. The maximum Gasteiger partial charge on any atom is 0.244 e. The Bertz CT molecular complexity index is 831. The topological polar surface area (TPSA) is 67.9 Å². The summed E-state index contributed by atoms with van der Waals surface area (Å²) < 4.78 is 10.7. The molecule has 1 aliphatic rings. The zero-order chi connectivity index (χ0) is 19.4. The summed E-state index contributed by atoms with van der Waals surface area (Å²) in [6, 6.07) is 13.3. The van der Waals surface area contributed by atoms with Gasteiger partial charge in [-0.15, -0.1) is 0 Å². The lowest BCUT2D eigenvalue weighted by molar-refractivity contribution is -0.133. The highest BCUT2D eigenvalue weighted by molar-refractivity contribution is 5.94. The Morgan fingerprint density at radius 3 is 2.44 bits per heavy atom. The molecule has 1 heterocycles. The van der Waals surface area contributed by atoms with E-state index < -0.39 is 0 Å². The SMILES string of the molecule is CC(=O)N(CC(=O)Nc1ccc(C(C)C)cc1)Cc1ccc2c(c1)OCO2. The van der Waals surface area contributed by atoms with Crippen molar-refractivity contribution in [2.75, 3.05) is 18.7 Å². The second-order valence-corrected chi connectivity index (χ2v) is 6.89. The van der Waals surface area contributed by atoms with Gasteiger partial charge in [0.05, 0.1) is 0 Å². The number of nitrogens with one attached hydrogen (secondary N) is 1. The molecule has 0 fully saturated rings. The van der Waals surface area contributed by atoms with Crippen molar-refractivity contribution in [3.63, 3.8) is 0 Å². The number of hydrogen-bond donors (Lipinski definition) is 1. The number of carbonyl (C=O) groups is 2. The van der Waals surface area contributed by atoms with Gasteiger partial charge in [0, 0.05) is 19.2 Å². The highest BCUT2D eigenvalue weighted by Gasteiger charge is 2.18. The van der Waals surface area contributed by atoms with E-state index in [0.29, 0.717) is 24.0 Å². The summed E-state index contributed by atoms with van der Waals surface area (Å²) >= 11 is 0. The first-order valence-corrected chi connectivity index (χ1v) is 8.96. The van der Waals surface area contributed by atoms with Crippen LogP contribution in [-0.2, 0) is 16.1 Å². The van der Waals surface area contributed by atoms with Crippen molar-refractivity contribution < 1.29 is 19.1 Å². The van der Waals surface area contributed by atoms with Gasteiger partial charge in [-0.25, -0.2) is 0 Å². The quantitative estimate of drug-likeness (QED) is 0.847. The van der Waals surface area contributed by atoms with Gasteiger partial charge in [-0.1, -0.05) is 32.0 Å². The number of rotatable bonds is 6. The smallest absolute Gasteiger partial charge is 0.244 e. The highest BCUT2D eigenvalue weighted by atomic mass is 16.7. The largest absolute Gasteiger partial charge is 0.454 e. The maximum absolute atomic E-state index is 12.4. The van der Waals surface area contributed by atoms with Gasteiger partial charge in [-0.05, 0) is 41.3 Å². The summed E-state index contributed by atoms with van der Waals surface area (Å²) in [6.45, 7) is 6.20. The van der Waals surface area contributed by atoms with E-state index in [4.69, 9.17) is 9.47 Å². The Hall–Kier alpha value is -3.02. The van der Waals surface area contributed by atoms with Crippen molar-refractivity contribution in [3.8, 4) is 11.5 Å². The van der Waals surface area contributed by atoms with Crippen molar-refractivity contribution in [1.82, 2.24) is 4.90 Å². The third-order valence-electron chi connectivity index (χ3n) is 4.45. The van der Waals surface area contributed by atoms with E-state index in [2.05, 4.69) is 19.2 Å². The molecule has 2 aromatic rings. The van der Waals surface area contributed by atoms with Gasteiger partial charge in [-0.3, -0.25) is 9.59 Å². The molecule has 0 aliphatic carbocycles. The van der Waals surface area contributed by atoms with Gasteiger partial charge in [0.15, 0.2) is 11.5 Å². The van der Waals surface area contributed by atoms with E-state index in [1.165, 1.54) is 17.4 Å². The molecule has 0 unspecified atom stereocenters. The summed E-state index contributed by atoms with van der Waals surface area (Å²) in [6.07, 6.45) is 0. The fourth-order valence-electron chi connectivity index (χ4n) is 2.86. The highest BCUT2D eigenvalue weighted by Crippen LogP contribution is 2.32. The second kappa shape index (κ2) is 8.12. The van der Waals surface area contributed by atoms with Crippen LogP contribution < -0.4 is 14.8 Å². The predicted octanol–water partition coefficient (Wildman–Crippen LogP) is 3.53. The molecule has 0 saturated heterocycles. The zero-order valence-corrected chi connectivity index (χ0v) is 15.8. The molecule has 142 valence electrons. The summed E-state index contributed by atoms with van der Waals surface area (Å²) in [5, 5.41) is 2.84. The monoisotopic (exact) mass is 368 g/mol. The van der Waals surface area contributed by atoms with Crippen LogP contribution in [0.3, 0.4) is 0 Å². The lowest BCUT2D eigenvalue weighted by atomic mass is 10.0. The predicted molar refractivity (Wildman–Crippen MR) is 103 cm³/mol. The molecular weight excluding hydrogens is 344 g/mol. The summed E-state index contributed by atoms with van der Waals surface area (Å²) in [5.41, 5.74) is 2.81. The third-order valence-corrected chi connectivity index (χ3v) is 4.45. The number of amides is 2. The lowest BCUT2D eigenvalue weighted by Crippen LogP contribution is -2.36. The van der Waals surface area contributed by atoms with Crippen LogP contribution >= 0.6 is 0 Å². The lowest BCUT2D eigenvalue weighted by Gasteiger charge is -2.21. The van der Waals surface area contributed by atoms with E-state index in [-0.39, 0.29) is 25.2 Å². The van der Waals surface area contributed by atoms with Gasteiger partial charge < -0.3 is 19.7 Å². The second-order valence-electron chi connectivity index (χ2n) is 6.89. The van der Waals surface area contributed by atoms with Gasteiger partial charge in [0.25, 0.3) is 0 Å². The van der Waals surface area contributed by atoms with Crippen molar-refractivity contribution in [2.45, 2.75) is 33.2 Å². The van der Waals surface area contributed by atoms with Crippen LogP contribution in [0.5, 0.6) is 11.5 Å². The molecule has 1 N–H and O–H groups in total. The van der Waals surface area contributed by atoms with Crippen LogP contribution in [-0.4, -0.2) is 30.1 Å². The van der Waals surface area contributed by atoms with E-state index in [1.54, 1.807) is 0 Å². The van der Waals surface area contributed by atoms with Crippen LogP contribution in [0.2, 0.25) is 0 Å². The molecule has 2 amide bonds. The van der Waals surface area contributed by atoms with Gasteiger partial charge >= 0.3 is 0 Å². The van der Waals surface area contributed by atoms with Gasteiger partial charge in [0.2, 0.25) is 18.6 Å². The molecule has 1 aliphatic heterocycles. The minimum absolute atomic E-state index is 0.0181. The van der Waals surface area contributed by atoms with Crippen LogP contribution in [0.4, 0.5) is 5.69 Å². The molecule has 0 spiro atoms. The minimum Gasteiger partial charge on any atom is -0.454 e. The first-order valence-electron chi connectivity index (χ1n) is 8.96. The molecule has 6 heteroatoms. The molecule has 0 saturated carbocycles. The molecule has 0 aromatic heterocycles. The number of hydrogen-bond acceptors (Lipinski definition) is 4. The Morgan fingerprint density at radius 2 is 1.78 bits per heavy atom. The van der Waals surface area contributed by atoms with E-state index in [9.17, 15) is 9.59 Å². The Balaban J connectivity index is 1.61. The molecule has 27 heavy (non-hydrogen) atoms. The average Bonchev–Trinajstić information content (AvgIpc) is 3.09. The summed E-state index contributed by atoms with van der Waals surface area (Å²) in [4.78, 5) is 25.8. The minimum atomic E-state index is -0.233. The molecule has 2 aromatic carbocycles. The van der Waals surface area contributed by atoms with E-state index in [0.717, 1.165) is 11.3 Å². The number of ether oxygens (including phenoxy) is 2. The first kappa shape index (κ1) is 18.8. The third kappa shape index (κ3) is 4.78. The van der Waals surface area contributed by atoms with Crippen LogP contribution in [0.1, 0.15) is 37.8 Å². The first-order chi connectivity index (χ1) is 12.9. The Morgan fingerprint density at radius 1 is 1.07 bits per heavy atom. The molecule has 0 radical (unpaired) electrons. The summed E-state index contributed by atoms with van der Waals surface area (Å²) in [5.74, 6) is 1.38. The number of carbonyl (C=O) groups excluding carboxylic acids is 2. The molecule has 6 nitrogen and oxygen atoms in total. The maximum atomic E-state index is 12.4. The Kier molecular flexibility index (Phi) is 5.64. The van der Waals surface area contributed by atoms with Crippen molar-refractivity contribution in [1.29, 1.82) is 0 Å². The van der Waals surface area contributed by atoms with Gasteiger partial charge in [0.1, 0.15) is 6.54 Å². The van der Waals surface area contributed by atoms with Crippen LogP contribution in [0, 0.1) is 0 Å². The van der Waals surface area contributed by atoms with Crippen molar-refractivity contribution in [2.24, 2.45) is 0 Å². The van der Waals surface area contributed by atoms with E-state index in [1.807, 2.05) is 42.5 Å². The normalized spacial score (nSPS) is 12.1. The number of nitrogens with zero attached hydrogens (tertiary/aromatic N) is 1. The van der Waals surface area contributed by atoms with Crippen molar-refractivity contribution >= 4 is 17.5 Å². The average molecular weight is 368 g/mol. The van der Waals surface area contributed by atoms with Gasteiger partial charge in [-0.2, -0.15) is 0 Å². The fourth-order valence-corrected chi connectivity index (χ4v) is 2.86. The summed E-state index contributed by atoms with van der Waals surface area (Å²) in [7, 11) is 0. The van der Waals surface area contributed by atoms with Crippen LogP contribution in [0.15, 0.2) is 42.5 Å². The molecule has 3 rings (SSSR count). The standard InChI is InChI=1S/C21H24N2O4/c1-14(2)17-5-7-18(8-6-17)22-21(25)12-23(15(3)24)11-16-4-9-19-20(10-16)27-13-26-19/h4-10,14H,11-13H2,1-3H3,(H,22,25). The zero-order valence-electron chi connectivity index (χ0n) is 15.8. The fraction of sp³-hybridized carbons (Fsp3) is 0.333. The number of benzene rings is 2. The number of anilines is 1. The van der Waals surface area contributed by atoms with E-state index >= 15 is 0 Å².